The monoisotopic (exact) mass is 277 g/mol. The van der Waals surface area contributed by atoms with E-state index in [1.165, 1.54) is 18.6 Å². The van der Waals surface area contributed by atoms with Crippen molar-refractivity contribution in [1.29, 1.82) is 0 Å². The molecule has 0 aliphatic carbocycles. The molecule has 1 amide bonds. The van der Waals surface area contributed by atoms with Crippen LogP contribution in [-0.2, 0) is 16.1 Å². The fourth-order valence-corrected chi connectivity index (χ4v) is 1.61. The second kappa shape index (κ2) is 6.60. The Morgan fingerprint density at radius 2 is 2.00 bits per heavy atom. The maximum Gasteiger partial charge on any atom is 0.374 e. The molecule has 2 aromatic rings. The molecule has 0 radical (unpaired) electrons. The van der Waals surface area contributed by atoms with Gasteiger partial charge >= 0.3 is 5.97 Å². The van der Waals surface area contributed by atoms with Gasteiger partial charge in [0.1, 0.15) is 5.76 Å². The normalized spacial score (nSPS) is 11.8. The number of ether oxygens (including phenoxy) is 1. The molecule has 106 valence electrons. The molecule has 0 aromatic carbocycles. The number of hydrogen-bond donors (Lipinski definition) is 1. The molecule has 1 N–H and O–H groups in total. The molecule has 0 spiro atoms. The summed E-state index contributed by atoms with van der Waals surface area (Å²) in [5.74, 6) is -0.327. The standard InChI is InChI=1S/C14H15NO5/c1-2-11(20-14(17)12-6-4-8-19-12)13(16)15-9-10-5-3-7-18-10/h3-8,11H,2,9H2,1H3,(H,15,16)/t11-/m1/s1. The first-order chi connectivity index (χ1) is 9.70. The topological polar surface area (TPSA) is 81.7 Å². The highest BCUT2D eigenvalue weighted by molar-refractivity contribution is 5.90. The van der Waals surface area contributed by atoms with E-state index >= 15 is 0 Å². The van der Waals surface area contributed by atoms with Gasteiger partial charge in [-0.15, -0.1) is 0 Å². The first-order valence-corrected chi connectivity index (χ1v) is 6.25. The van der Waals surface area contributed by atoms with Crippen LogP contribution in [0.15, 0.2) is 45.6 Å². The molecule has 2 aromatic heterocycles. The second-order valence-corrected chi connectivity index (χ2v) is 4.08. The van der Waals surface area contributed by atoms with E-state index in [0.29, 0.717) is 12.2 Å². The number of furan rings is 2. The van der Waals surface area contributed by atoms with Gasteiger partial charge in [0.15, 0.2) is 6.10 Å². The van der Waals surface area contributed by atoms with Gasteiger partial charge in [-0.05, 0) is 30.7 Å². The van der Waals surface area contributed by atoms with Gasteiger partial charge in [0.2, 0.25) is 5.76 Å². The lowest BCUT2D eigenvalue weighted by molar-refractivity contribution is -0.130. The van der Waals surface area contributed by atoms with E-state index in [9.17, 15) is 9.59 Å². The van der Waals surface area contributed by atoms with E-state index in [-0.39, 0.29) is 18.2 Å². The zero-order chi connectivity index (χ0) is 14.4. The summed E-state index contributed by atoms with van der Waals surface area (Å²) in [6.07, 6.45) is 2.41. The Kier molecular flexibility index (Phi) is 4.60. The average Bonchev–Trinajstić information content (AvgIpc) is 3.13. The largest absolute Gasteiger partial charge is 0.467 e. The Hall–Kier alpha value is -2.50. The molecular weight excluding hydrogens is 262 g/mol. The summed E-state index contributed by atoms with van der Waals surface area (Å²) in [5.41, 5.74) is 0. The van der Waals surface area contributed by atoms with Gasteiger partial charge in [-0.3, -0.25) is 4.79 Å². The van der Waals surface area contributed by atoms with Crippen LogP contribution in [0, 0.1) is 0 Å². The van der Waals surface area contributed by atoms with Crippen LogP contribution in [0.5, 0.6) is 0 Å². The summed E-state index contributed by atoms with van der Waals surface area (Å²) < 4.78 is 15.1. The number of carbonyl (C=O) groups is 2. The van der Waals surface area contributed by atoms with Crippen molar-refractivity contribution in [2.45, 2.75) is 26.0 Å². The van der Waals surface area contributed by atoms with Crippen molar-refractivity contribution in [2.75, 3.05) is 0 Å². The summed E-state index contributed by atoms with van der Waals surface area (Å²) >= 11 is 0. The van der Waals surface area contributed by atoms with Gasteiger partial charge in [0, 0.05) is 0 Å². The Balaban J connectivity index is 1.87. The first-order valence-electron chi connectivity index (χ1n) is 6.25. The zero-order valence-corrected chi connectivity index (χ0v) is 11.0. The first kappa shape index (κ1) is 13.9. The lowest BCUT2D eigenvalue weighted by atomic mass is 10.2. The predicted molar refractivity (Wildman–Crippen MR) is 68.8 cm³/mol. The third-order valence-electron chi connectivity index (χ3n) is 2.65. The smallest absolute Gasteiger partial charge is 0.374 e. The third kappa shape index (κ3) is 3.50. The van der Waals surface area contributed by atoms with Crippen molar-refractivity contribution >= 4 is 11.9 Å². The van der Waals surface area contributed by atoms with Crippen molar-refractivity contribution in [2.24, 2.45) is 0 Å². The minimum absolute atomic E-state index is 0.0716. The van der Waals surface area contributed by atoms with E-state index in [0.717, 1.165) is 0 Å². The molecule has 6 nitrogen and oxygen atoms in total. The summed E-state index contributed by atoms with van der Waals surface area (Å²) in [6.45, 7) is 2.01. The van der Waals surface area contributed by atoms with Crippen molar-refractivity contribution in [3.63, 3.8) is 0 Å². The molecular formula is C14H15NO5. The SMILES string of the molecule is CC[C@@H](OC(=O)c1ccco1)C(=O)NCc1ccco1. The van der Waals surface area contributed by atoms with E-state index < -0.39 is 12.1 Å². The Morgan fingerprint density at radius 3 is 2.60 bits per heavy atom. The maximum absolute atomic E-state index is 11.9. The van der Waals surface area contributed by atoms with Crippen molar-refractivity contribution in [3.05, 3.63) is 48.3 Å². The molecule has 2 rings (SSSR count). The third-order valence-corrected chi connectivity index (χ3v) is 2.65. The zero-order valence-electron chi connectivity index (χ0n) is 11.0. The highest BCUT2D eigenvalue weighted by atomic mass is 16.6. The Bertz CT molecular complexity index is 544. The number of rotatable bonds is 6. The number of amides is 1. The summed E-state index contributed by atoms with van der Waals surface area (Å²) in [5, 5.41) is 2.65. The minimum Gasteiger partial charge on any atom is -0.467 e. The molecule has 2 heterocycles. The lowest BCUT2D eigenvalue weighted by Gasteiger charge is -2.14. The van der Waals surface area contributed by atoms with Gasteiger partial charge in [-0.2, -0.15) is 0 Å². The summed E-state index contributed by atoms with van der Waals surface area (Å²) in [4.78, 5) is 23.6. The van der Waals surface area contributed by atoms with Crippen LogP contribution in [0.1, 0.15) is 29.7 Å². The van der Waals surface area contributed by atoms with Crippen LogP contribution in [0.25, 0.3) is 0 Å². The highest BCUT2D eigenvalue weighted by Crippen LogP contribution is 2.08. The van der Waals surface area contributed by atoms with Crippen molar-refractivity contribution in [1.82, 2.24) is 5.32 Å². The molecule has 0 saturated carbocycles. The average molecular weight is 277 g/mol. The van der Waals surface area contributed by atoms with Gasteiger partial charge in [0.05, 0.1) is 19.1 Å². The van der Waals surface area contributed by atoms with E-state index in [4.69, 9.17) is 13.6 Å². The van der Waals surface area contributed by atoms with Crippen LogP contribution in [-0.4, -0.2) is 18.0 Å². The van der Waals surface area contributed by atoms with Crippen LogP contribution in [0.4, 0.5) is 0 Å². The lowest BCUT2D eigenvalue weighted by Crippen LogP contribution is -2.37. The van der Waals surface area contributed by atoms with Crippen LogP contribution in [0.2, 0.25) is 0 Å². The molecule has 0 aliphatic rings. The molecule has 0 fully saturated rings. The molecule has 20 heavy (non-hydrogen) atoms. The van der Waals surface area contributed by atoms with Gasteiger partial charge in [-0.25, -0.2) is 4.79 Å². The Labute approximate surface area is 115 Å². The molecule has 0 aliphatic heterocycles. The van der Waals surface area contributed by atoms with E-state index in [1.807, 2.05) is 0 Å². The van der Waals surface area contributed by atoms with Crippen LogP contribution >= 0.6 is 0 Å². The van der Waals surface area contributed by atoms with Crippen LogP contribution < -0.4 is 5.32 Å². The van der Waals surface area contributed by atoms with E-state index in [2.05, 4.69) is 5.32 Å². The number of esters is 1. The molecule has 0 bridgehead atoms. The number of nitrogens with one attached hydrogen (secondary N) is 1. The van der Waals surface area contributed by atoms with Crippen molar-refractivity contribution in [3.8, 4) is 0 Å². The minimum atomic E-state index is -0.859. The highest BCUT2D eigenvalue weighted by Gasteiger charge is 2.23. The molecule has 1 atom stereocenters. The summed E-state index contributed by atoms with van der Waals surface area (Å²) in [6, 6.07) is 6.54. The van der Waals surface area contributed by atoms with E-state index in [1.54, 1.807) is 25.1 Å². The number of hydrogen-bond acceptors (Lipinski definition) is 5. The number of carbonyl (C=O) groups excluding carboxylic acids is 2. The fraction of sp³-hybridized carbons (Fsp3) is 0.286. The molecule has 0 unspecified atom stereocenters. The van der Waals surface area contributed by atoms with Crippen molar-refractivity contribution < 1.29 is 23.2 Å². The quantitative estimate of drug-likeness (QED) is 0.818. The molecule has 6 heteroatoms. The predicted octanol–water partition coefficient (Wildman–Crippen LogP) is 2.12. The molecule has 0 saturated heterocycles. The van der Waals surface area contributed by atoms with Crippen LogP contribution in [0.3, 0.4) is 0 Å². The second-order valence-electron chi connectivity index (χ2n) is 4.08. The fourth-order valence-electron chi connectivity index (χ4n) is 1.61. The Morgan fingerprint density at radius 1 is 1.25 bits per heavy atom. The van der Waals surface area contributed by atoms with Gasteiger partial charge in [0.25, 0.3) is 5.91 Å². The van der Waals surface area contributed by atoms with Gasteiger partial charge < -0.3 is 18.9 Å². The maximum atomic E-state index is 11.9. The van der Waals surface area contributed by atoms with Gasteiger partial charge in [-0.1, -0.05) is 6.92 Å². The summed E-state index contributed by atoms with van der Waals surface area (Å²) in [7, 11) is 0.